The molecule has 0 spiro atoms. The number of sulfonamides is 1. The number of amides is 2. The first-order chi connectivity index (χ1) is 15.0. The van der Waals surface area contributed by atoms with E-state index < -0.39 is 27.6 Å². The van der Waals surface area contributed by atoms with Crippen LogP contribution in [0.15, 0.2) is 65.6 Å². The lowest BCUT2D eigenvalue weighted by molar-refractivity contribution is -0.114. The zero-order chi connectivity index (χ0) is 23.5. The number of anilines is 3. The molecule has 0 aliphatic carbocycles. The molecule has 0 bridgehead atoms. The Morgan fingerprint density at radius 2 is 1.47 bits per heavy atom. The van der Waals surface area contributed by atoms with E-state index in [1.54, 1.807) is 0 Å². The van der Waals surface area contributed by atoms with Crippen LogP contribution in [0.5, 0.6) is 0 Å². The summed E-state index contributed by atoms with van der Waals surface area (Å²) in [6.45, 7) is 1.29. The molecule has 0 heterocycles. The average Bonchev–Trinajstić information content (AvgIpc) is 2.72. The van der Waals surface area contributed by atoms with Crippen molar-refractivity contribution in [1.82, 2.24) is 0 Å². The fourth-order valence-corrected chi connectivity index (χ4v) is 3.97. The van der Waals surface area contributed by atoms with Crippen molar-refractivity contribution in [1.29, 1.82) is 0 Å². The molecule has 0 saturated carbocycles. The monoisotopic (exact) mass is 479 g/mol. The molecule has 0 atom stereocenters. The SMILES string of the molecule is CC(=O)Nc1ccc(F)c(NC(=O)c2ccc(NS(=O)(=O)c3ccc(F)c(Cl)c3)cc2)c1. The summed E-state index contributed by atoms with van der Waals surface area (Å²) in [7, 11) is -4.04. The first kappa shape index (κ1) is 23.2. The number of halogens is 3. The Morgan fingerprint density at radius 3 is 2.09 bits per heavy atom. The van der Waals surface area contributed by atoms with Crippen LogP contribution >= 0.6 is 11.6 Å². The maximum Gasteiger partial charge on any atom is 0.261 e. The summed E-state index contributed by atoms with van der Waals surface area (Å²) in [5.74, 6) is -2.45. The van der Waals surface area contributed by atoms with E-state index in [2.05, 4.69) is 15.4 Å². The summed E-state index contributed by atoms with van der Waals surface area (Å²) in [5, 5.41) is 4.54. The molecule has 0 aromatic heterocycles. The highest BCUT2D eigenvalue weighted by Gasteiger charge is 2.17. The molecule has 0 aliphatic rings. The Morgan fingerprint density at radius 1 is 0.844 bits per heavy atom. The molecule has 3 N–H and O–H groups in total. The van der Waals surface area contributed by atoms with Gasteiger partial charge in [0.25, 0.3) is 15.9 Å². The molecule has 0 aliphatic heterocycles. The van der Waals surface area contributed by atoms with Crippen LogP contribution in [-0.4, -0.2) is 20.2 Å². The highest BCUT2D eigenvalue weighted by molar-refractivity contribution is 7.92. The Kier molecular flexibility index (Phi) is 6.75. The zero-order valence-corrected chi connectivity index (χ0v) is 18.0. The molecule has 0 fully saturated rings. The molecule has 0 saturated heterocycles. The van der Waals surface area contributed by atoms with E-state index in [0.717, 1.165) is 24.3 Å². The number of rotatable bonds is 6. The van der Waals surface area contributed by atoms with E-state index in [1.165, 1.54) is 43.3 Å². The maximum absolute atomic E-state index is 14.0. The van der Waals surface area contributed by atoms with Crippen LogP contribution < -0.4 is 15.4 Å². The van der Waals surface area contributed by atoms with Crippen molar-refractivity contribution in [3.8, 4) is 0 Å². The minimum Gasteiger partial charge on any atom is -0.326 e. The van der Waals surface area contributed by atoms with Gasteiger partial charge >= 0.3 is 0 Å². The summed E-state index contributed by atoms with van der Waals surface area (Å²) >= 11 is 5.63. The van der Waals surface area contributed by atoms with E-state index in [0.29, 0.717) is 5.69 Å². The highest BCUT2D eigenvalue weighted by atomic mass is 35.5. The van der Waals surface area contributed by atoms with E-state index in [4.69, 9.17) is 11.6 Å². The van der Waals surface area contributed by atoms with E-state index in [9.17, 15) is 26.8 Å². The number of nitrogens with one attached hydrogen (secondary N) is 3. The minimum atomic E-state index is -4.04. The van der Waals surface area contributed by atoms with Gasteiger partial charge in [-0.3, -0.25) is 14.3 Å². The number of benzene rings is 3. The van der Waals surface area contributed by atoms with Crippen molar-refractivity contribution >= 4 is 50.5 Å². The Balaban J connectivity index is 1.73. The highest BCUT2D eigenvalue weighted by Crippen LogP contribution is 2.23. The third kappa shape index (κ3) is 5.59. The van der Waals surface area contributed by atoms with Crippen LogP contribution in [0.3, 0.4) is 0 Å². The largest absolute Gasteiger partial charge is 0.326 e. The van der Waals surface area contributed by atoms with Crippen LogP contribution in [0, 0.1) is 11.6 Å². The second kappa shape index (κ2) is 9.33. The van der Waals surface area contributed by atoms with Crippen LogP contribution in [0.1, 0.15) is 17.3 Å². The van der Waals surface area contributed by atoms with Gasteiger partial charge in [-0.1, -0.05) is 11.6 Å². The first-order valence-corrected chi connectivity index (χ1v) is 10.9. The van der Waals surface area contributed by atoms with Gasteiger partial charge in [0.05, 0.1) is 15.6 Å². The standard InChI is InChI=1S/C21H16ClF2N3O4S/c1-12(28)25-15-6-8-19(24)20(10-15)26-21(29)13-2-4-14(5-3-13)27-32(30,31)16-7-9-18(23)17(22)11-16/h2-11,27H,1H3,(H,25,28)(H,26,29). The van der Waals surface area contributed by atoms with Gasteiger partial charge in [-0.05, 0) is 60.7 Å². The van der Waals surface area contributed by atoms with Crippen LogP contribution in [0.25, 0.3) is 0 Å². The Bertz CT molecular complexity index is 1300. The van der Waals surface area contributed by atoms with Gasteiger partial charge in [0.2, 0.25) is 5.91 Å². The predicted molar refractivity (Wildman–Crippen MR) is 117 cm³/mol. The van der Waals surface area contributed by atoms with E-state index in [-0.39, 0.29) is 32.8 Å². The van der Waals surface area contributed by atoms with Crippen molar-refractivity contribution < 1.29 is 26.8 Å². The van der Waals surface area contributed by atoms with Gasteiger partial charge in [-0.15, -0.1) is 0 Å². The molecule has 0 radical (unpaired) electrons. The molecule has 0 unspecified atom stereocenters. The maximum atomic E-state index is 14.0. The zero-order valence-electron chi connectivity index (χ0n) is 16.4. The molecule has 166 valence electrons. The molecular weight excluding hydrogens is 464 g/mol. The van der Waals surface area contributed by atoms with Crippen LogP contribution in [-0.2, 0) is 14.8 Å². The second-order valence-corrected chi connectivity index (χ2v) is 8.68. The summed E-state index contributed by atoms with van der Waals surface area (Å²) in [4.78, 5) is 23.3. The number of carbonyl (C=O) groups excluding carboxylic acids is 2. The molecule has 3 aromatic carbocycles. The van der Waals surface area contributed by atoms with Crippen molar-refractivity contribution in [2.75, 3.05) is 15.4 Å². The lowest BCUT2D eigenvalue weighted by Gasteiger charge is -2.11. The van der Waals surface area contributed by atoms with Crippen LogP contribution in [0.2, 0.25) is 5.02 Å². The number of hydrogen-bond donors (Lipinski definition) is 3. The van der Waals surface area contributed by atoms with Gasteiger partial charge < -0.3 is 10.6 Å². The Hall–Kier alpha value is -3.50. The summed E-state index contributed by atoms with van der Waals surface area (Å²) in [6, 6.07) is 12.0. The van der Waals surface area contributed by atoms with Gasteiger partial charge in [0.15, 0.2) is 0 Å². The van der Waals surface area contributed by atoms with Crippen molar-refractivity contribution in [3.05, 3.63) is 82.9 Å². The fraction of sp³-hybridized carbons (Fsp3) is 0.0476. The van der Waals surface area contributed by atoms with E-state index in [1.807, 2.05) is 0 Å². The molecule has 3 aromatic rings. The van der Waals surface area contributed by atoms with Crippen molar-refractivity contribution in [2.45, 2.75) is 11.8 Å². The summed E-state index contributed by atoms with van der Waals surface area (Å²) < 4.78 is 54.4. The van der Waals surface area contributed by atoms with Gasteiger partial charge in [-0.2, -0.15) is 0 Å². The normalized spacial score (nSPS) is 11.0. The second-order valence-electron chi connectivity index (χ2n) is 6.59. The lowest BCUT2D eigenvalue weighted by atomic mass is 10.2. The molecular formula is C21H16ClF2N3O4S. The molecule has 7 nitrogen and oxygen atoms in total. The van der Waals surface area contributed by atoms with Crippen molar-refractivity contribution in [2.24, 2.45) is 0 Å². The molecule has 11 heteroatoms. The molecule has 32 heavy (non-hydrogen) atoms. The molecule has 2 amide bonds. The number of hydrogen-bond acceptors (Lipinski definition) is 4. The lowest BCUT2D eigenvalue weighted by Crippen LogP contribution is -2.15. The van der Waals surface area contributed by atoms with Crippen molar-refractivity contribution in [3.63, 3.8) is 0 Å². The average molecular weight is 480 g/mol. The van der Waals surface area contributed by atoms with Gasteiger partial charge in [0.1, 0.15) is 11.6 Å². The van der Waals surface area contributed by atoms with Gasteiger partial charge in [-0.25, -0.2) is 17.2 Å². The third-order valence-electron chi connectivity index (χ3n) is 4.14. The van der Waals surface area contributed by atoms with E-state index >= 15 is 0 Å². The summed E-state index contributed by atoms with van der Waals surface area (Å²) in [5.41, 5.74) is 0.432. The van der Waals surface area contributed by atoms with Gasteiger partial charge in [0, 0.05) is 23.9 Å². The Labute approximate surface area is 187 Å². The van der Waals surface area contributed by atoms with Crippen LogP contribution in [0.4, 0.5) is 25.8 Å². The third-order valence-corrected chi connectivity index (χ3v) is 5.80. The molecule has 3 rings (SSSR count). The first-order valence-electron chi connectivity index (χ1n) is 9.01. The topological polar surface area (TPSA) is 104 Å². The predicted octanol–water partition coefficient (Wildman–Crippen LogP) is 4.63. The quantitative estimate of drug-likeness (QED) is 0.479. The smallest absolute Gasteiger partial charge is 0.261 e. The number of carbonyl (C=O) groups is 2. The summed E-state index contributed by atoms with van der Waals surface area (Å²) in [6.07, 6.45) is 0. The fourth-order valence-electron chi connectivity index (χ4n) is 2.64. The minimum absolute atomic E-state index is 0.127.